The monoisotopic (exact) mass is 198 g/mol. The standard InChI is InChI=1S/C12H22O2/c1-3-9-13-11-7-5-6-8-12-14-10-4-2/h3-4,9-10H,5-8,11-12H2,1-2H3/b9-3-,10-4-. The Morgan fingerprint density at radius 1 is 0.714 bits per heavy atom. The molecule has 0 aliphatic rings. The van der Waals surface area contributed by atoms with Crippen LogP contribution in [0.15, 0.2) is 24.7 Å². The topological polar surface area (TPSA) is 18.5 Å². The first-order valence-electron chi connectivity index (χ1n) is 5.37. The van der Waals surface area contributed by atoms with Crippen LogP contribution >= 0.6 is 0 Å². The Bertz CT molecular complexity index is 132. The first-order valence-corrected chi connectivity index (χ1v) is 5.37. The largest absolute Gasteiger partial charge is 0.502 e. The molecular formula is C12H22O2. The van der Waals surface area contributed by atoms with E-state index in [2.05, 4.69) is 0 Å². The molecule has 0 radical (unpaired) electrons. The molecule has 0 saturated heterocycles. The lowest BCUT2D eigenvalue weighted by Gasteiger charge is -2.01. The van der Waals surface area contributed by atoms with E-state index >= 15 is 0 Å². The van der Waals surface area contributed by atoms with E-state index in [1.54, 1.807) is 12.5 Å². The minimum Gasteiger partial charge on any atom is -0.502 e. The van der Waals surface area contributed by atoms with Crippen LogP contribution in [0, 0.1) is 0 Å². The van der Waals surface area contributed by atoms with Gasteiger partial charge in [-0.05, 0) is 39.5 Å². The van der Waals surface area contributed by atoms with Gasteiger partial charge in [-0.3, -0.25) is 0 Å². The van der Waals surface area contributed by atoms with E-state index in [1.807, 2.05) is 26.0 Å². The van der Waals surface area contributed by atoms with Crippen molar-refractivity contribution in [3.05, 3.63) is 24.7 Å². The van der Waals surface area contributed by atoms with Crippen LogP contribution in [0.3, 0.4) is 0 Å². The van der Waals surface area contributed by atoms with Crippen LogP contribution in [-0.4, -0.2) is 13.2 Å². The van der Waals surface area contributed by atoms with Crippen LogP contribution < -0.4 is 0 Å². The fourth-order valence-corrected chi connectivity index (χ4v) is 1.05. The zero-order valence-electron chi connectivity index (χ0n) is 9.37. The molecule has 0 spiro atoms. The third-order valence-corrected chi connectivity index (χ3v) is 1.74. The summed E-state index contributed by atoms with van der Waals surface area (Å²) < 4.78 is 10.4. The summed E-state index contributed by atoms with van der Waals surface area (Å²) in [4.78, 5) is 0. The van der Waals surface area contributed by atoms with E-state index in [0.29, 0.717) is 0 Å². The number of rotatable bonds is 9. The van der Waals surface area contributed by atoms with Gasteiger partial charge in [-0.15, -0.1) is 0 Å². The van der Waals surface area contributed by atoms with E-state index in [0.717, 1.165) is 26.1 Å². The van der Waals surface area contributed by atoms with Crippen LogP contribution in [-0.2, 0) is 9.47 Å². The van der Waals surface area contributed by atoms with Gasteiger partial charge in [0.15, 0.2) is 0 Å². The lowest BCUT2D eigenvalue weighted by Crippen LogP contribution is -1.90. The van der Waals surface area contributed by atoms with Crippen molar-refractivity contribution in [2.45, 2.75) is 39.5 Å². The zero-order valence-corrected chi connectivity index (χ0v) is 9.37. The van der Waals surface area contributed by atoms with Crippen molar-refractivity contribution in [2.24, 2.45) is 0 Å². The average Bonchev–Trinajstić information content (AvgIpc) is 2.21. The summed E-state index contributed by atoms with van der Waals surface area (Å²) in [5.41, 5.74) is 0. The molecule has 2 heteroatoms. The van der Waals surface area contributed by atoms with Gasteiger partial charge >= 0.3 is 0 Å². The van der Waals surface area contributed by atoms with E-state index < -0.39 is 0 Å². The van der Waals surface area contributed by atoms with Crippen molar-refractivity contribution in [2.75, 3.05) is 13.2 Å². The Labute approximate surface area is 87.6 Å². The summed E-state index contributed by atoms with van der Waals surface area (Å²) >= 11 is 0. The summed E-state index contributed by atoms with van der Waals surface area (Å²) in [5, 5.41) is 0. The number of allylic oxidation sites excluding steroid dienone is 2. The third-order valence-electron chi connectivity index (χ3n) is 1.74. The highest BCUT2D eigenvalue weighted by atomic mass is 16.5. The first kappa shape index (κ1) is 13.1. The fraction of sp³-hybridized carbons (Fsp3) is 0.667. The van der Waals surface area contributed by atoms with E-state index in [9.17, 15) is 0 Å². The summed E-state index contributed by atoms with van der Waals surface area (Å²) in [6, 6.07) is 0. The molecule has 0 aliphatic heterocycles. The highest BCUT2D eigenvalue weighted by Gasteiger charge is 1.89. The van der Waals surface area contributed by atoms with Crippen molar-refractivity contribution in [1.29, 1.82) is 0 Å². The van der Waals surface area contributed by atoms with Crippen molar-refractivity contribution in [3.8, 4) is 0 Å². The third kappa shape index (κ3) is 11.1. The Morgan fingerprint density at radius 3 is 1.50 bits per heavy atom. The second-order valence-electron chi connectivity index (χ2n) is 3.09. The summed E-state index contributed by atoms with van der Waals surface area (Å²) in [6.07, 6.45) is 12.0. The molecule has 0 unspecified atom stereocenters. The van der Waals surface area contributed by atoms with Crippen LogP contribution in [0.2, 0.25) is 0 Å². The fourth-order valence-electron chi connectivity index (χ4n) is 1.05. The number of unbranched alkanes of at least 4 members (excludes halogenated alkanes) is 3. The zero-order chi connectivity index (χ0) is 10.5. The predicted molar refractivity (Wildman–Crippen MR) is 60.0 cm³/mol. The Hall–Kier alpha value is -0.920. The first-order chi connectivity index (χ1) is 6.91. The van der Waals surface area contributed by atoms with Gasteiger partial charge in [-0.1, -0.05) is 12.2 Å². The molecule has 0 heterocycles. The van der Waals surface area contributed by atoms with Crippen molar-refractivity contribution >= 4 is 0 Å². The molecular weight excluding hydrogens is 176 g/mol. The number of ether oxygens (including phenoxy) is 2. The van der Waals surface area contributed by atoms with Crippen LogP contribution in [0.5, 0.6) is 0 Å². The molecule has 0 bridgehead atoms. The van der Waals surface area contributed by atoms with Crippen molar-refractivity contribution in [1.82, 2.24) is 0 Å². The summed E-state index contributed by atoms with van der Waals surface area (Å²) in [5.74, 6) is 0. The van der Waals surface area contributed by atoms with Gasteiger partial charge in [0, 0.05) is 0 Å². The predicted octanol–water partition coefficient (Wildman–Crippen LogP) is 3.65. The number of hydrogen-bond acceptors (Lipinski definition) is 2. The minimum absolute atomic E-state index is 0.833. The Kier molecular flexibility index (Phi) is 11.3. The quantitative estimate of drug-likeness (QED) is 0.416. The molecule has 14 heavy (non-hydrogen) atoms. The molecule has 0 rings (SSSR count). The van der Waals surface area contributed by atoms with Gasteiger partial charge < -0.3 is 9.47 Å². The van der Waals surface area contributed by atoms with Gasteiger partial charge in [0.2, 0.25) is 0 Å². The molecule has 0 aromatic carbocycles. The molecule has 0 aliphatic carbocycles. The van der Waals surface area contributed by atoms with Crippen LogP contribution in [0.1, 0.15) is 39.5 Å². The molecule has 2 nitrogen and oxygen atoms in total. The van der Waals surface area contributed by atoms with E-state index in [4.69, 9.17) is 9.47 Å². The molecule has 82 valence electrons. The minimum atomic E-state index is 0.833. The average molecular weight is 198 g/mol. The Morgan fingerprint density at radius 2 is 1.14 bits per heavy atom. The van der Waals surface area contributed by atoms with Gasteiger partial charge in [0.05, 0.1) is 25.7 Å². The number of hydrogen-bond donors (Lipinski definition) is 0. The molecule has 0 saturated carbocycles. The van der Waals surface area contributed by atoms with Crippen LogP contribution in [0.4, 0.5) is 0 Å². The molecule has 0 N–H and O–H groups in total. The smallest absolute Gasteiger partial charge is 0.0873 e. The van der Waals surface area contributed by atoms with Gasteiger partial charge in [-0.2, -0.15) is 0 Å². The maximum atomic E-state index is 5.20. The second kappa shape index (κ2) is 12.1. The van der Waals surface area contributed by atoms with Gasteiger partial charge in [0.25, 0.3) is 0 Å². The van der Waals surface area contributed by atoms with Crippen LogP contribution in [0.25, 0.3) is 0 Å². The van der Waals surface area contributed by atoms with E-state index in [-0.39, 0.29) is 0 Å². The normalized spacial score (nSPS) is 11.3. The van der Waals surface area contributed by atoms with E-state index in [1.165, 1.54) is 12.8 Å². The molecule has 0 amide bonds. The lowest BCUT2D eigenvalue weighted by molar-refractivity contribution is 0.226. The lowest BCUT2D eigenvalue weighted by atomic mass is 10.2. The summed E-state index contributed by atoms with van der Waals surface area (Å²) in [6.45, 7) is 5.58. The molecule has 0 fully saturated rings. The van der Waals surface area contributed by atoms with Crippen molar-refractivity contribution in [3.63, 3.8) is 0 Å². The molecule has 0 aromatic heterocycles. The molecule has 0 aromatic rings. The molecule has 0 atom stereocenters. The Balaban J connectivity index is 2.92. The summed E-state index contributed by atoms with van der Waals surface area (Å²) in [7, 11) is 0. The highest BCUT2D eigenvalue weighted by molar-refractivity contribution is 4.65. The SMILES string of the molecule is C/C=C\OCCCCCCO/C=C\C. The highest BCUT2D eigenvalue weighted by Crippen LogP contribution is 2.00. The maximum Gasteiger partial charge on any atom is 0.0873 e. The second-order valence-corrected chi connectivity index (χ2v) is 3.09. The van der Waals surface area contributed by atoms with Gasteiger partial charge in [-0.25, -0.2) is 0 Å². The maximum absolute atomic E-state index is 5.20. The van der Waals surface area contributed by atoms with Gasteiger partial charge in [0.1, 0.15) is 0 Å². The van der Waals surface area contributed by atoms with Crippen molar-refractivity contribution < 1.29 is 9.47 Å².